The van der Waals surface area contributed by atoms with E-state index in [0.717, 1.165) is 51.9 Å². The summed E-state index contributed by atoms with van der Waals surface area (Å²) in [6, 6.07) is 6.35. The van der Waals surface area contributed by atoms with Crippen LogP contribution in [-0.4, -0.2) is 75.4 Å². The molecule has 3 atom stereocenters. The first-order valence-corrected chi connectivity index (χ1v) is 16.1. The van der Waals surface area contributed by atoms with Gasteiger partial charge >= 0.3 is 6.01 Å². The van der Waals surface area contributed by atoms with Gasteiger partial charge in [-0.15, -0.1) is 6.42 Å². The van der Waals surface area contributed by atoms with E-state index in [1.54, 1.807) is 6.20 Å². The van der Waals surface area contributed by atoms with Crippen molar-refractivity contribution in [2.45, 2.75) is 56.1 Å². The standard InChI is InChI=1S/C36H34F2N6O2/c1-3-25-28(37)7-4-21-10-24(45)11-26(29(21)25)31-30(38)32-27(13-39-31)33(43-15-22-5-6-23(16-43)40-22)42-34(41-32)46-19-36-12-20(2)14-44(36)18-35(17-36)8-9-35/h1,4,7,10-11,13,22-23,40,45H,2,5-6,8-9,12,14-19H2/t22-,23+,36?. The predicted molar refractivity (Wildman–Crippen MR) is 172 cm³/mol. The van der Waals surface area contributed by atoms with Crippen LogP contribution in [0.1, 0.15) is 44.1 Å². The van der Waals surface area contributed by atoms with E-state index in [-0.39, 0.29) is 39.6 Å². The zero-order valence-electron chi connectivity index (χ0n) is 25.5. The normalized spacial score (nSPS) is 26.3. The molecule has 4 aromatic rings. The third-order valence-electron chi connectivity index (χ3n) is 10.9. The quantitative estimate of drug-likeness (QED) is 0.229. The number of piperazine rings is 1. The number of hydrogen-bond donors (Lipinski definition) is 2. The summed E-state index contributed by atoms with van der Waals surface area (Å²) < 4.78 is 38.2. The average Bonchev–Trinajstić information content (AvgIpc) is 3.48. The fourth-order valence-electron chi connectivity index (χ4n) is 8.77. The van der Waals surface area contributed by atoms with Crippen LogP contribution < -0.4 is 15.0 Å². The van der Waals surface area contributed by atoms with E-state index < -0.39 is 11.6 Å². The molecule has 2 aromatic carbocycles. The van der Waals surface area contributed by atoms with E-state index in [4.69, 9.17) is 16.1 Å². The Morgan fingerprint density at radius 2 is 1.96 bits per heavy atom. The fourth-order valence-corrected chi connectivity index (χ4v) is 8.77. The first kappa shape index (κ1) is 27.9. The molecule has 2 bridgehead atoms. The summed E-state index contributed by atoms with van der Waals surface area (Å²) in [6.07, 6.45) is 13.8. The number of nitrogens with one attached hydrogen (secondary N) is 1. The Kier molecular flexibility index (Phi) is 5.97. The number of aromatic nitrogens is 3. The number of anilines is 1. The average molecular weight is 621 g/mol. The van der Waals surface area contributed by atoms with Crippen molar-refractivity contribution >= 4 is 27.5 Å². The molecule has 4 aliphatic heterocycles. The SMILES string of the molecule is C#Cc1c(F)ccc2cc(O)cc(-c3ncc4c(N5C[C@H]6CC[C@@H](C5)N6)nc(OCC56CC(=C)CN5CC5(CC5)C6)nc4c3F)c12. The highest BCUT2D eigenvalue weighted by Gasteiger charge is 2.61. The highest BCUT2D eigenvalue weighted by atomic mass is 19.1. The number of aromatic hydroxyl groups is 1. The number of fused-ring (bicyclic) bond motifs is 5. The first-order chi connectivity index (χ1) is 22.2. The number of pyridine rings is 1. The van der Waals surface area contributed by atoms with E-state index in [9.17, 15) is 9.50 Å². The summed E-state index contributed by atoms with van der Waals surface area (Å²) in [6.45, 7) is 8.08. The highest BCUT2D eigenvalue weighted by Crippen LogP contribution is 2.61. The van der Waals surface area contributed by atoms with Crippen molar-refractivity contribution in [3.05, 3.63) is 59.8 Å². The lowest BCUT2D eigenvalue weighted by molar-refractivity contribution is 0.107. The zero-order chi connectivity index (χ0) is 31.4. The van der Waals surface area contributed by atoms with Gasteiger partial charge in [-0.05, 0) is 67.5 Å². The van der Waals surface area contributed by atoms with Crippen molar-refractivity contribution in [1.82, 2.24) is 25.2 Å². The molecule has 1 aliphatic carbocycles. The van der Waals surface area contributed by atoms with Gasteiger partial charge in [0, 0.05) is 55.4 Å². The number of phenolic OH excluding ortho intramolecular Hbond substituents is 1. The number of terminal acetylenes is 1. The summed E-state index contributed by atoms with van der Waals surface area (Å²) in [5, 5.41) is 15.5. The highest BCUT2D eigenvalue weighted by molar-refractivity contribution is 6.03. The topological polar surface area (TPSA) is 86.6 Å². The van der Waals surface area contributed by atoms with E-state index in [1.165, 1.54) is 42.7 Å². The van der Waals surface area contributed by atoms with Crippen molar-refractivity contribution in [3.63, 3.8) is 0 Å². The third-order valence-corrected chi connectivity index (χ3v) is 10.9. The van der Waals surface area contributed by atoms with Crippen LogP contribution in [0.5, 0.6) is 11.8 Å². The van der Waals surface area contributed by atoms with E-state index in [2.05, 4.69) is 37.6 Å². The van der Waals surface area contributed by atoms with Gasteiger partial charge in [-0.25, -0.2) is 8.78 Å². The van der Waals surface area contributed by atoms with Gasteiger partial charge in [0.05, 0.1) is 16.5 Å². The fraction of sp³-hybridized carbons (Fsp3) is 0.417. The molecule has 8 nitrogen and oxygen atoms in total. The molecule has 5 fully saturated rings. The Labute approximate surface area is 265 Å². The molecule has 0 amide bonds. The van der Waals surface area contributed by atoms with Crippen LogP contribution in [0.2, 0.25) is 0 Å². The van der Waals surface area contributed by atoms with E-state index in [0.29, 0.717) is 46.1 Å². The molecule has 4 saturated heterocycles. The molecule has 1 unspecified atom stereocenters. The zero-order valence-corrected chi connectivity index (χ0v) is 25.5. The number of nitrogens with zero attached hydrogens (tertiary/aromatic N) is 5. The maximum absolute atomic E-state index is 16.9. The summed E-state index contributed by atoms with van der Waals surface area (Å²) in [7, 11) is 0. The third kappa shape index (κ3) is 4.28. The van der Waals surface area contributed by atoms with Crippen LogP contribution in [0.25, 0.3) is 32.9 Å². The number of benzene rings is 2. The maximum atomic E-state index is 16.9. The molecule has 0 radical (unpaired) electrons. The molecule has 10 heteroatoms. The summed E-state index contributed by atoms with van der Waals surface area (Å²) in [5.74, 6) is 1.54. The van der Waals surface area contributed by atoms with Gasteiger partial charge < -0.3 is 20.1 Å². The smallest absolute Gasteiger partial charge is 0.319 e. The van der Waals surface area contributed by atoms with Gasteiger partial charge in [0.2, 0.25) is 0 Å². The molecule has 1 spiro atoms. The molecule has 9 rings (SSSR count). The second kappa shape index (κ2) is 9.84. The van der Waals surface area contributed by atoms with Gasteiger partial charge in [-0.3, -0.25) is 9.88 Å². The van der Waals surface area contributed by atoms with Crippen LogP contribution in [-0.2, 0) is 0 Å². The van der Waals surface area contributed by atoms with Crippen LogP contribution in [0.4, 0.5) is 14.6 Å². The van der Waals surface area contributed by atoms with Gasteiger partial charge in [0.15, 0.2) is 5.82 Å². The minimum Gasteiger partial charge on any atom is -0.508 e. The molecule has 5 aliphatic rings. The predicted octanol–water partition coefficient (Wildman–Crippen LogP) is 5.31. The Bertz CT molecular complexity index is 2010. The molecule has 2 aromatic heterocycles. The van der Waals surface area contributed by atoms with Crippen molar-refractivity contribution in [3.8, 4) is 35.4 Å². The lowest BCUT2D eigenvalue weighted by Gasteiger charge is -2.34. The minimum atomic E-state index is -0.713. The number of halogens is 2. The number of rotatable bonds is 5. The summed E-state index contributed by atoms with van der Waals surface area (Å²) in [5.41, 5.74) is 1.56. The lowest BCUT2D eigenvalue weighted by atomic mass is 9.88. The Morgan fingerprint density at radius 1 is 1.15 bits per heavy atom. The second-order valence-corrected chi connectivity index (χ2v) is 14.2. The van der Waals surface area contributed by atoms with E-state index >= 15 is 4.39 Å². The monoisotopic (exact) mass is 620 g/mol. The van der Waals surface area contributed by atoms with Crippen molar-refractivity contribution in [2.75, 3.05) is 37.7 Å². The van der Waals surface area contributed by atoms with Crippen molar-refractivity contribution in [2.24, 2.45) is 5.41 Å². The number of ether oxygens (including phenoxy) is 1. The molecule has 1 saturated carbocycles. The van der Waals surface area contributed by atoms with Crippen LogP contribution in [0.3, 0.4) is 0 Å². The molecule has 2 N–H and O–H groups in total. The minimum absolute atomic E-state index is 0.0237. The lowest BCUT2D eigenvalue weighted by Crippen LogP contribution is -2.51. The largest absolute Gasteiger partial charge is 0.508 e. The van der Waals surface area contributed by atoms with Crippen molar-refractivity contribution < 1.29 is 18.6 Å². The summed E-state index contributed by atoms with van der Waals surface area (Å²) >= 11 is 0. The van der Waals surface area contributed by atoms with Crippen LogP contribution in [0.15, 0.2) is 42.6 Å². The number of hydrogen-bond acceptors (Lipinski definition) is 8. The van der Waals surface area contributed by atoms with Crippen LogP contribution in [0, 0.1) is 29.4 Å². The van der Waals surface area contributed by atoms with Gasteiger partial charge in [0.25, 0.3) is 0 Å². The molecule has 234 valence electrons. The molecule has 46 heavy (non-hydrogen) atoms. The van der Waals surface area contributed by atoms with Crippen molar-refractivity contribution in [1.29, 1.82) is 0 Å². The second-order valence-electron chi connectivity index (χ2n) is 14.2. The molecular formula is C36H34F2N6O2. The van der Waals surface area contributed by atoms with Gasteiger partial charge in [0.1, 0.15) is 35.2 Å². The maximum Gasteiger partial charge on any atom is 0.319 e. The Morgan fingerprint density at radius 3 is 2.72 bits per heavy atom. The molecular weight excluding hydrogens is 586 g/mol. The first-order valence-electron chi connectivity index (χ1n) is 16.1. The molecule has 6 heterocycles. The van der Waals surface area contributed by atoms with Crippen LogP contribution >= 0.6 is 0 Å². The number of phenols is 1. The Balaban J connectivity index is 1.18. The van der Waals surface area contributed by atoms with E-state index in [1.807, 2.05) is 0 Å². The van der Waals surface area contributed by atoms with Gasteiger partial charge in [-0.2, -0.15) is 9.97 Å². The Hall–Kier alpha value is -4.33. The summed E-state index contributed by atoms with van der Waals surface area (Å²) in [4.78, 5) is 18.8. The van der Waals surface area contributed by atoms with Gasteiger partial charge in [-0.1, -0.05) is 24.1 Å².